The number of anilines is 3. The largest absolute Gasteiger partial charge is 0.310 e. The number of hydrogen-bond donors (Lipinski definition) is 0. The Hall–Kier alpha value is -8.20. The van der Waals surface area contributed by atoms with Gasteiger partial charge in [0.2, 0.25) is 0 Å². The first-order chi connectivity index (χ1) is 31.3. The lowest BCUT2D eigenvalue weighted by molar-refractivity contribution is 0.768. The molecule has 0 unspecified atom stereocenters. The van der Waals surface area contributed by atoms with Gasteiger partial charge in [-0.05, 0) is 122 Å². The van der Waals surface area contributed by atoms with Crippen LogP contribution in [0, 0.1) is 0 Å². The van der Waals surface area contributed by atoms with E-state index in [-0.39, 0.29) is 0 Å². The van der Waals surface area contributed by atoms with Crippen molar-refractivity contribution in [1.82, 2.24) is 4.57 Å². The Kier molecular flexibility index (Phi) is 8.76. The Labute approximate surface area is 368 Å². The molecule has 0 saturated carbocycles. The summed E-state index contributed by atoms with van der Waals surface area (Å²) >= 11 is 0. The molecule has 63 heavy (non-hydrogen) atoms. The van der Waals surface area contributed by atoms with Crippen molar-refractivity contribution in [1.29, 1.82) is 0 Å². The zero-order valence-electron chi connectivity index (χ0n) is 34.6. The molecule has 1 aliphatic carbocycles. The van der Waals surface area contributed by atoms with Gasteiger partial charge < -0.3 is 9.47 Å². The maximum atomic E-state index is 2.46. The van der Waals surface area contributed by atoms with Gasteiger partial charge in [-0.25, -0.2) is 0 Å². The molecular weight excluding hydrogens is 761 g/mol. The van der Waals surface area contributed by atoms with E-state index >= 15 is 0 Å². The Bertz CT molecular complexity index is 3380. The van der Waals surface area contributed by atoms with E-state index < -0.39 is 5.41 Å². The fourth-order valence-corrected chi connectivity index (χ4v) is 10.3. The van der Waals surface area contributed by atoms with Crippen LogP contribution in [-0.4, -0.2) is 4.57 Å². The Balaban J connectivity index is 1.05. The van der Waals surface area contributed by atoms with E-state index in [1.54, 1.807) is 0 Å². The molecule has 1 aromatic heterocycles. The maximum absolute atomic E-state index is 2.46. The second-order valence-corrected chi connectivity index (χ2v) is 16.5. The highest BCUT2D eigenvalue weighted by Crippen LogP contribution is 2.57. The van der Waals surface area contributed by atoms with Gasteiger partial charge >= 0.3 is 0 Å². The molecule has 0 aliphatic heterocycles. The predicted octanol–water partition coefficient (Wildman–Crippen LogP) is 16.0. The van der Waals surface area contributed by atoms with Gasteiger partial charge in [-0.2, -0.15) is 0 Å². The molecule has 0 amide bonds. The van der Waals surface area contributed by atoms with Gasteiger partial charge in [0.1, 0.15) is 0 Å². The first-order valence-electron chi connectivity index (χ1n) is 21.8. The summed E-state index contributed by atoms with van der Waals surface area (Å²) in [4.78, 5) is 2.43. The number of rotatable bonds is 8. The minimum Gasteiger partial charge on any atom is -0.310 e. The van der Waals surface area contributed by atoms with Crippen LogP contribution in [0.15, 0.2) is 255 Å². The summed E-state index contributed by atoms with van der Waals surface area (Å²) in [5.74, 6) is 0. The van der Waals surface area contributed by atoms with Gasteiger partial charge in [-0.1, -0.05) is 188 Å². The molecule has 2 nitrogen and oxygen atoms in total. The number of aromatic nitrogens is 1. The lowest BCUT2D eigenvalue weighted by atomic mass is 9.67. The summed E-state index contributed by atoms with van der Waals surface area (Å²) in [7, 11) is 0. The summed E-state index contributed by atoms with van der Waals surface area (Å²) in [5.41, 5.74) is 18.7. The molecule has 0 radical (unpaired) electrons. The van der Waals surface area contributed by atoms with E-state index in [1.807, 2.05) is 0 Å². The van der Waals surface area contributed by atoms with E-state index in [0.717, 1.165) is 28.3 Å². The van der Waals surface area contributed by atoms with E-state index in [1.165, 1.54) is 71.9 Å². The zero-order valence-corrected chi connectivity index (χ0v) is 34.6. The zero-order chi connectivity index (χ0) is 41.7. The SMILES string of the molecule is c1ccc(-c2ccc(N(c3cccc(-c4ccc5c(c4)c4ccccc4n5-c4ccccc4)c3)c3ccc4c(c3)C(c3ccccc3)(c3ccccc3)c3ccccc3-4)cc2)cc1. The van der Waals surface area contributed by atoms with Crippen LogP contribution in [0.25, 0.3) is 60.9 Å². The third-order valence-electron chi connectivity index (χ3n) is 13.1. The van der Waals surface area contributed by atoms with Crippen molar-refractivity contribution < 1.29 is 0 Å². The van der Waals surface area contributed by atoms with Crippen molar-refractivity contribution in [3.8, 4) is 39.1 Å². The molecule has 0 N–H and O–H groups in total. The normalized spacial score (nSPS) is 12.6. The van der Waals surface area contributed by atoms with Crippen molar-refractivity contribution in [2.45, 2.75) is 5.41 Å². The Morgan fingerprint density at radius 1 is 0.302 bits per heavy atom. The van der Waals surface area contributed by atoms with Crippen LogP contribution in [-0.2, 0) is 5.41 Å². The fraction of sp³-hybridized carbons (Fsp3) is 0.0164. The van der Waals surface area contributed by atoms with Crippen molar-refractivity contribution in [2.75, 3.05) is 4.90 Å². The van der Waals surface area contributed by atoms with Crippen LogP contribution in [0.5, 0.6) is 0 Å². The van der Waals surface area contributed by atoms with E-state index in [9.17, 15) is 0 Å². The summed E-state index contributed by atoms with van der Waals surface area (Å²) in [6.45, 7) is 0. The number of benzene rings is 10. The lowest BCUT2D eigenvalue weighted by Gasteiger charge is -2.35. The monoisotopic (exact) mass is 802 g/mol. The van der Waals surface area contributed by atoms with Gasteiger partial charge in [-0.15, -0.1) is 0 Å². The van der Waals surface area contributed by atoms with Crippen LogP contribution in [0.3, 0.4) is 0 Å². The third-order valence-corrected chi connectivity index (χ3v) is 13.1. The van der Waals surface area contributed by atoms with E-state index in [4.69, 9.17) is 0 Å². The van der Waals surface area contributed by atoms with Crippen molar-refractivity contribution in [3.63, 3.8) is 0 Å². The number of nitrogens with zero attached hydrogens (tertiary/aromatic N) is 2. The molecule has 0 saturated heterocycles. The van der Waals surface area contributed by atoms with Gasteiger partial charge in [0.05, 0.1) is 16.4 Å². The molecular formula is C61H42N2. The first kappa shape index (κ1) is 36.6. The minimum absolute atomic E-state index is 0.510. The van der Waals surface area contributed by atoms with Crippen molar-refractivity contribution in [3.05, 3.63) is 277 Å². The third kappa shape index (κ3) is 5.95. The topological polar surface area (TPSA) is 8.17 Å². The standard InChI is InChI=1S/C61H42N2/c1-5-18-43(19-6-1)44-32-35-50(36-33-44)62(51-27-17-20-45(40-51)46-34-39-60-56(41-46)55-29-14-16-31-59(55)63(60)49-25-11-4-12-26-49)52-37-38-54-53-28-13-15-30-57(53)61(58(54)42-52,47-21-7-2-8-22-47)48-23-9-3-10-24-48/h1-42H. The number of para-hydroxylation sites is 2. The minimum atomic E-state index is -0.510. The highest BCUT2D eigenvalue weighted by Gasteiger charge is 2.46. The number of hydrogen-bond acceptors (Lipinski definition) is 1. The summed E-state index contributed by atoms with van der Waals surface area (Å²) < 4.78 is 2.38. The van der Waals surface area contributed by atoms with Gasteiger partial charge in [-0.3, -0.25) is 0 Å². The smallest absolute Gasteiger partial charge is 0.0714 e. The first-order valence-corrected chi connectivity index (χ1v) is 21.8. The average molecular weight is 803 g/mol. The predicted molar refractivity (Wildman–Crippen MR) is 264 cm³/mol. The summed E-state index contributed by atoms with van der Waals surface area (Å²) in [6.07, 6.45) is 0. The fourth-order valence-electron chi connectivity index (χ4n) is 10.3. The summed E-state index contributed by atoms with van der Waals surface area (Å²) in [5, 5.41) is 2.48. The van der Waals surface area contributed by atoms with Gasteiger partial charge in [0.15, 0.2) is 0 Å². The van der Waals surface area contributed by atoms with Gasteiger partial charge in [0, 0.05) is 33.5 Å². The molecule has 0 spiro atoms. The highest BCUT2D eigenvalue weighted by atomic mass is 15.1. The van der Waals surface area contributed by atoms with Crippen LogP contribution in [0.4, 0.5) is 17.1 Å². The molecule has 2 heteroatoms. The summed E-state index contributed by atoms with van der Waals surface area (Å²) in [6, 6.07) is 93.3. The maximum Gasteiger partial charge on any atom is 0.0714 e. The average Bonchev–Trinajstić information content (AvgIpc) is 3.86. The number of fused-ring (bicyclic) bond motifs is 6. The van der Waals surface area contributed by atoms with E-state index in [0.29, 0.717) is 0 Å². The Morgan fingerprint density at radius 3 is 1.57 bits per heavy atom. The molecule has 11 aromatic rings. The molecule has 0 fully saturated rings. The van der Waals surface area contributed by atoms with Crippen molar-refractivity contribution >= 4 is 38.9 Å². The molecule has 0 atom stereocenters. The molecule has 1 heterocycles. The van der Waals surface area contributed by atoms with E-state index in [2.05, 4.69) is 264 Å². The highest BCUT2D eigenvalue weighted by molar-refractivity contribution is 6.10. The second kappa shape index (κ2) is 15.1. The van der Waals surface area contributed by atoms with Crippen LogP contribution < -0.4 is 4.90 Å². The molecule has 10 aromatic carbocycles. The molecule has 296 valence electrons. The van der Waals surface area contributed by atoms with Crippen LogP contribution in [0.1, 0.15) is 22.3 Å². The molecule has 1 aliphatic rings. The Morgan fingerprint density at radius 2 is 0.825 bits per heavy atom. The van der Waals surface area contributed by atoms with Crippen LogP contribution in [0.2, 0.25) is 0 Å². The van der Waals surface area contributed by atoms with Gasteiger partial charge in [0.25, 0.3) is 0 Å². The molecule has 12 rings (SSSR count). The second-order valence-electron chi connectivity index (χ2n) is 16.5. The lowest BCUT2D eigenvalue weighted by Crippen LogP contribution is -2.28. The molecule has 0 bridgehead atoms. The van der Waals surface area contributed by atoms with Crippen LogP contribution >= 0.6 is 0 Å². The van der Waals surface area contributed by atoms with Crippen molar-refractivity contribution in [2.24, 2.45) is 0 Å². The quantitative estimate of drug-likeness (QED) is 0.149.